The quantitative estimate of drug-likeness (QED) is 0.751. The highest BCUT2D eigenvalue weighted by Crippen LogP contribution is 2.35. The number of nitrogens with one attached hydrogen (secondary N) is 1. The van der Waals surface area contributed by atoms with Crippen LogP contribution in [0, 0.1) is 17.2 Å². The average molecular weight is 434 g/mol. The smallest absolute Gasteiger partial charge is 0.405 e. The van der Waals surface area contributed by atoms with Gasteiger partial charge in [0.05, 0.1) is 16.2 Å². The molecule has 8 nitrogen and oxygen atoms in total. The van der Waals surface area contributed by atoms with Gasteiger partial charge in [0.15, 0.2) is 9.84 Å². The lowest BCUT2D eigenvalue weighted by Gasteiger charge is -2.20. The Balaban J connectivity index is 0.000000239. The van der Waals surface area contributed by atoms with Crippen LogP contribution in [0.1, 0.15) is 44.9 Å². The van der Waals surface area contributed by atoms with E-state index >= 15 is 0 Å². The van der Waals surface area contributed by atoms with E-state index in [1.807, 2.05) is 17.0 Å². The van der Waals surface area contributed by atoms with Crippen molar-refractivity contribution in [1.29, 1.82) is 5.26 Å². The number of benzene rings is 1. The standard InChI is InChI=1S/C16H21NO3S.C5H6N2O2/c18-16(17-10-4-5-11-17)13-8-9-15(12-13)21(19,20)14-6-2-1-3-7-14;6-3-5(1-2-5)7-4(8)9/h1-3,6-7,13,15H,4-5,8-12H2;7H,1-2H2,(H,8,9)/t13-,15-;/m1./s1. The highest BCUT2D eigenvalue weighted by Gasteiger charge is 2.44. The van der Waals surface area contributed by atoms with Crippen LogP contribution >= 0.6 is 0 Å². The molecule has 2 amide bonds. The number of nitriles is 1. The minimum Gasteiger partial charge on any atom is -0.465 e. The van der Waals surface area contributed by atoms with Crippen molar-refractivity contribution in [1.82, 2.24) is 10.2 Å². The summed E-state index contributed by atoms with van der Waals surface area (Å²) in [6, 6.07) is 10.5. The summed E-state index contributed by atoms with van der Waals surface area (Å²) in [7, 11) is -3.30. The molecule has 1 heterocycles. The Labute approximate surface area is 176 Å². The highest BCUT2D eigenvalue weighted by molar-refractivity contribution is 7.92. The van der Waals surface area contributed by atoms with Gasteiger partial charge in [-0.05, 0) is 57.1 Å². The normalized spacial score (nSPS) is 24.3. The van der Waals surface area contributed by atoms with E-state index in [9.17, 15) is 18.0 Å². The predicted octanol–water partition coefficient (Wildman–Crippen LogP) is 2.56. The van der Waals surface area contributed by atoms with E-state index in [1.54, 1.807) is 24.3 Å². The van der Waals surface area contributed by atoms with Crippen LogP contribution in [0.15, 0.2) is 35.2 Å². The van der Waals surface area contributed by atoms with Crippen LogP contribution in [0.3, 0.4) is 0 Å². The van der Waals surface area contributed by atoms with Crippen LogP contribution in [0.4, 0.5) is 4.79 Å². The molecular weight excluding hydrogens is 406 g/mol. The third kappa shape index (κ3) is 5.11. The van der Waals surface area contributed by atoms with E-state index in [-0.39, 0.29) is 11.8 Å². The molecule has 2 aliphatic carbocycles. The minimum atomic E-state index is -3.30. The number of nitrogens with zero attached hydrogens (tertiary/aromatic N) is 2. The van der Waals surface area contributed by atoms with Crippen LogP contribution in [0.25, 0.3) is 0 Å². The number of amides is 2. The molecule has 0 spiro atoms. The molecular formula is C21H27N3O5S. The molecule has 4 rings (SSSR count). The van der Waals surface area contributed by atoms with Gasteiger partial charge in [0, 0.05) is 19.0 Å². The minimum absolute atomic E-state index is 0.105. The lowest BCUT2D eigenvalue weighted by molar-refractivity contribution is -0.134. The Morgan fingerprint density at radius 3 is 2.27 bits per heavy atom. The lowest BCUT2D eigenvalue weighted by Crippen LogP contribution is -2.33. The molecule has 1 aliphatic heterocycles. The molecule has 0 aromatic heterocycles. The highest BCUT2D eigenvalue weighted by atomic mass is 32.2. The van der Waals surface area contributed by atoms with Crippen LogP contribution in [-0.2, 0) is 14.6 Å². The Kier molecular flexibility index (Phi) is 6.66. The summed E-state index contributed by atoms with van der Waals surface area (Å²) in [5.74, 6) is 0.0600. The zero-order valence-electron chi connectivity index (χ0n) is 16.8. The van der Waals surface area contributed by atoms with Crippen LogP contribution in [-0.4, -0.2) is 54.3 Å². The van der Waals surface area contributed by atoms with Crippen molar-refractivity contribution in [3.05, 3.63) is 30.3 Å². The van der Waals surface area contributed by atoms with Crippen molar-refractivity contribution in [3.63, 3.8) is 0 Å². The maximum atomic E-state index is 12.6. The number of carbonyl (C=O) groups is 2. The van der Waals surface area contributed by atoms with Crippen molar-refractivity contribution in [2.45, 2.75) is 60.6 Å². The summed E-state index contributed by atoms with van der Waals surface area (Å²) in [6.45, 7) is 1.68. The third-order valence-electron chi connectivity index (χ3n) is 5.97. The van der Waals surface area contributed by atoms with Gasteiger partial charge in [0.2, 0.25) is 5.91 Å². The number of rotatable bonds is 4. The fraction of sp³-hybridized carbons (Fsp3) is 0.571. The van der Waals surface area contributed by atoms with Crippen LogP contribution in [0.5, 0.6) is 0 Å². The van der Waals surface area contributed by atoms with Gasteiger partial charge in [0.1, 0.15) is 5.54 Å². The molecule has 3 aliphatic rings. The topological polar surface area (TPSA) is 128 Å². The first kappa shape index (κ1) is 22.1. The van der Waals surface area contributed by atoms with Gasteiger partial charge in [-0.3, -0.25) is 4.79 Å². The van der Waals surface area contributed by atoms with Gasteiger partial charge in [-0.1, -0.05) is 18.2 Å². The number of hydrogen-bond donors (Lipinski definition) is 2. The van der Waals surface area contributed by atoms with Crippen molar-refractivity contribution < 1.29 is 23.1 Å². The summed E-state index contributed by atoms with van der Waals surface area (Å²) < 4.78 is 25.2. The molecule has 0 bridgehead atoms. The third-order valence-corrected chi connectivity index (χ3v) is 8.21. The van der Waals surface area contributed by atoms with Crippen molar-refractivity contribution in [2.75, 3.05) is 13.1 Å². The number of carbonyl (C=O) groups excluding carboxylic acids is 1. The molecule has 2 saturated carbocycles. The average Bonchev–Trinajstić information content (AvgIpc) is 3.16. The summed E-state index contributed by atoms with van der Waals surface area (Å²) in [6.07, 6.45) is 4.11. The summed E-state index contributed by atoms with van der Waals surface area (Å²) in [5, 5.41) is 18.2. The maximum absolute atomic E-state index is 12.6. The van der Waals surface area contributed by atoms with Crippen molar-refractivity contribution in [3.8, 4) is 6.07 Å². The van der Waals surface area contributed by atoms with Gasteiger partial charge < -0.3 is 15.3 Å². The fourth-order valence-corrected chi connectivity index (χ4v) is 5.89. The Bertz CT molecular complexity index is 916. The molecule has 30 heavy (non-hydrogen) atoms. The first-order chi connectivity index (χ1) is 14.3. The zero-order valence-corrected chi connectivity index (χ0v) is 17.6. The molecule has 162 valence electrons. The van der Waals surface area contributed by atoms with E-state index in [4.69, 9.17) is 10.4 Å². The zero-order chi connectivity index (χ0) is 21.8. The number of hydrogen-bond acceptors (Lipinski definition) is 5. The second kappa shape index (κ2) is 9.04. The Morgan fingerprint density at radius 2 is 1.77 bits per heavy atom. The fourth-order valence-electron chi connectivity index (χ4n) is 4.04. The van der Waals surface area contributed by atoms with E-state index in [0.29, 0.717) is 37.0 Å². The van der Waals surface area contributed by atoms with Gasteiger partial charge in [-0.25, -0.2) is 13.2 Å². The largest absolute Gasteiger partial charge is 0.465 e. The Hall–Kier alpha value is -2.60. The molecule has 0 unspecified atom stereocenters. The second-order valence-corrected chi connectivity index (χ2v) is 10.4. The van der Waals surface area contributed by atoms with E-state index in [2.05, 4.69) is 5.32 Å². The Morgan fingerprint density at radius 1 is 1.13 bits per heavy atom. The van der Waals surface area contributed by atoms with E-state index in [0.717, 1.165) is 25.9 Å². The van der Waals surface area contributed by atoms with Gasteiger partial charge in [0.25, 0.3) is 0 Å². The maximum Gasteiger partial charge on any atom is 0.405 e. The molecule has 3 fully saturated rings. The van der Waals surface area contributed by atoms with Crippen molar-refractivity contribution in [2.24, 2.45) is 5.92 Å². The van der Waals surface area contributed by atoms with Gasteiger partial charge in [-0.15, -0.1) is 0 Å². The summed E-state index contributed by atoms with van der Waals surface area (Å²) in [5.41, 5.74) is -0.730. The molecule has 2 atom stereocenters. The van der Waals surface area contributed by atoms with Gasteiger partial charge >= 0.3 is 6.09 Å². The summed E-state index contributed by atoms with van der Waals surface area (Å²) in [4.78, 5) is 24.6. The molecule has 1 saturated heterocycles. The molecule has 1 aromatic carbocycles. The van der Waals surface area contributed by atoms with E-state index in [1.165, 1.54) is 0 Å². The SMILES string of the molecule is N#CC1(NC(=O)O)CC1.O=C([C@@H]1CC[C@@H](S(=O)(=O)c2ccccc2)C1)N1CCCC1. The van der Waals surface area contributed by atoms with Crippen LogP contribution < -0.4 is 5.32 Å². The van der Waals surface area contributed by atoms with Crippen LogP contribution in [0.2, 0.25) is 0 Å². The lowest BCUT2D eigenvalue weighted by atomic mass is 10.1. The first-order valence-corrected chi connectivity index (χ1v) is 11.8. The molecule has 0 radical (unpaired) electrons. The molecule has 9 heteroatoms. The second-order valence-electron chi connectivity index (χ2n) is 8.15. The van der Waals surface area contributed by atoms with Crippen molar-refractivity contribution >= 4 is 21.8 Å². The number of likely N-dealkylation sites (tertiary alicyclic amines) is 1. The summed E-state index contributed by atoms with van der Waals surface area (Å²) >= 11 is 0. The van der Waals surface area contributed by atoms with E-state index < -0.39 is 26.7 Å². The molecule has 2 N–H and O–H groups in total. The monoisotopic (exact) mass is 433 g/mol. The number of sulfone groups is 1. The molecule has 1 aromatic rings. The first-order valence-electron chi connectivity index (χ1n) is 10.3. The predicted molar refractivity (Wildman–Crippen MR) is 109 cm³/mol. The number of carboxylic acid groups (broad SMARTS) is 1. The van der Waals surface area contributed by atoms with Gasteiger partial charge in [-0.2, -0.15) is 5.26 Å².